The maximum atomic E-state index is 13.7. The van der Waals surface area contributed by atoms with Crippen LogP contribution in [0.25, 0.3) is 21.5 Å². The number of carbonyl (C=O) groups excluding carboxylic acids is 1. The highest BCUT2D eigenvalue weighted by Crippen LogP contribution is 2.41. The van der Waals surface area contributed by atoms with E-state index in [2.05, 4.69) is 21.0 Å². The van der Waals surface area contributed by atoms with Gasteiger partial charge in [-0.05, 0) is 60.3 Å². The molecule has 0 spiro atoms. The van der Waals surface area contributed by atoms with E-state index < -0.39 is 10.8 Å². The number of nitro groups is 1. The molecule has 6 aromatic carbocycles. The topological polar surface area (TPSA) is 148 Å². The molecule has 6 aromatic rings. The van der Waals surface area contributed by atoms with Crippen molar-refractivity contribution in [3.05, 3.63) is 136 Å². The van der Waals surface area contributed by atoms with Gasteiger partial charge in [0, 0.05) is 22.5 Å². The van der Waals surface area contributed by atoms with Gasteiger partial charge in [-0.1, -0.05) is 66.2 Å². The van der Waals surface area contributed by atoms with E-state index in [4.69, 9.17) is 9.57 Å². The van der Waals surface area contributed by atoms with Gasteiger partial charge in [0.05, 0.1) is 35.3 Å². The van der Waals surface area contributed by atoms with Crippen LogP contribution in [0.1, 0.15) is 21.5 Å². The molecule has 0 heterocycles. The number of aromatic hydroxyl groups is 1. The second kappa shape index (κ2) is 13.3. The van der Waals surface area contributed by atoms with E-state index in [9.17, 15) is 20.0 Å². The van der Waals surface area contributed by atoms with Crippen LogP contribution >= 0.6 is 0 Å². The molecule has 6 rings (SSSR count). The summed E-state index contributed by atoms with van der Waals surface area (Å²) < 4.78 is 5.50. The van der Waals surface area contributed by atoms with Crippen LogP contribution in [0, 0.1) is 17.0 Å². The third-order valence-corrected chi connectivity index (χ3v) is 7.54. The van der Waals surface area contributed by atoms with Crippen molar-refractivity contribution in [2.24, 2.45) is 10.2 Å². The molecule has 0 saturated heterocycles. The number of hydrogen-bond donors (Lipinski definition) is 3. The number of nitrogens with one attached hydrogen (secondary N) is 2. The normalized spacial score (nSPS) is 11.2. The Labute approximate surface area is 269 Å². The summed E-state index contributed by atoms with van der Waals surface area (Å²) >= 11 is 0. The molecule has 0 saturated carbocycles. The summed E-state index contributed by atoms with van der Waals surface area (Å²) in [5.74, 6) is -0.546. The molecule has 0 aliphatic heterocycles. The summed E-state index contributed by atoms with van der Waals surface area (Å²) in [6, 6.07) is 31.5. The van der Waals surface area contributed by atoms with Crippen molar-refractivity contribution in [3.8, 4) is 11.5 Å². The van der Waals surface area contributed by atoms with E-state index in [1.807, 2.05) is 55.5 Å². The first-order valence-corrected chi connectivity index (χ1v) is 14.6. The number of hydrogen-bond acceptors (Lipinski definition) is 9. The maximum Gasteiger partial charge on any atom is 0.277 e. The maximum absolute atomic E-state index is 13.7. The van der Waals surface area contributed by atoms with Crippen LogP contribution in [0.5, 0.6) is 11.5 Å². The Bertz CT molecular complexity index is 2170. The Hall–Kier alpha value is -6.33. The smallest absolute Gasteiger partial charge is 0.277 e. The van der Waals surface area contributed by atoms with Gasteiger partial charge in [0.1, 0.15) is 17.1 Å². The minimum atomic E-state index is -0.621. The standard InChI is InChI=1S/C36H29N5O6/c1-22-12-14-26-24(18-22)20-29(36(43)37-30-15-16-32(41(44)45)28-11-7-6-10-27(28)30)35(42)34(26)39-38-31-19-23(13-17-33(31)46-2)21-47-40-25-8-4-3-5-9-25/h3-20,40,42H,21H2,1-2H3,(H,37,43). The number of rotatable bonds is 10. The highest BCUT2D eigenvalue weighted by molar-refractivity contribution is 6.14. The highest BCUT2D eigenvalue weighted by Gasteiger charge is 2.21. The van der Waals surface area contributed by atoms with Crippen LogP contribution in [0.3, 0.4) is 0 Å². The Morgan fingerprint density at radius 3 is 2.40 bits per heavy atom. The number of benzene rings is 6. The minimum absolute atomic E-state index is 0.0411. The molecule has 3 N–H and O–H groups in total. The lowest BCUT2D eigenvalue weighted by Gasteiger charge is -2.13. The highest BCUT2D eigenvalue weighted by atomic mass is 16.6. The number of non-ortho nitro benzene ring substituents is 1. The quantitative estimate of drug-likeness (QED) is 0.0779. The van der Waals surface area contributed by atoms with Gasteiger partial charge in [0.2, 0.25) is 0 Å². The van der Waals surface area contributed by atoms with Crippen LogP contribution in [-0.4, -0.2) is 23.0 Å². The predicted octanol–water partition coefficient (Wildman–Crippen LogP) is 9.14. The molecule has 0 atom stereocenters. The third-order valence-electron chi connectivity index (χ3n) is 7.54. The molecule has 0 unspecified atom stereocenters. The van der Waals surface area contributed by atoms with Crippen LogP contribution in [0.4, 0.5) is 28.4 Å². The second-order valence-electron chi connectivity index (χ2n) is 10.7. The van der Waals surface area contributed by atoms with Crippen molar-refractivity contribution < 1.29 is 24.4 Å². The van der Waals surface area contributed by atoms with Gasteiger partial charge in [-0.3, -0.25) is 25.2 Å². The number of anilines is 2. The van der Waals surface area contributed by atoms with Crippen molar-refractivity contribution in [1.82, 2.24) is 0 Å². The summed E-state index contributed by atoms with van der Waals surface area (Å²) in [5, 5.41) is 36.8. The molecule has 11 nitrogen and oxygen atoms in total. The lowest BCUT2D eigenvalue weighted by molar-refractivity contribution is -0.383. The van der Waals surface area contributed by atoms with Gasteiger partial charge in [-0.2, -0.15) is 0 Å². The lowest BCUT2D eigenvalue weighted by atomic mass is 10.0. The second-order valence-corrected chi connectivity index (χ2v) is 10.7. The van der Waals surface area contributed by atoms with E-state index in [1.54, 1.807) is 48.5 Å². The number of methoxy groups -OCH3 is 1. The lowest BCUT2D eigenvalue weighted by Crippen LogP contribution is -2.12. The fourth-order valence-electron chi connectivity index (χ4n) is 5.23. The summed E-state index contributed by atoms with van der Waals surface area (Å²) in [4.78, 5) is 30.4. The van der Waals surface area contributed by atoms with Crippen molar-refractivity contribution in [2.45, 2.75) is 13.5 Å². The zero-order valence-corrected chi connectivity index (χ0v) is 25.4. The van der Waals surface area contributed by atoms with Crippen LogP contribution in [0.2, 0.25) is 0 Å². The summed E-state index contributed by atoms with van der Waals surface area (Å²) in [6.07, 6.45) is 0. The number of para-hydroxylation sites is 1. The van der Waals surface area contributed by atoms with Crippen molar-refractivity contribution in [1.29, 1.82) is 0 Å². The number of aryl methyl sites for hydroxylation is 1. The molecule has 0 aliphatic carbocycles. The van der Waals surface area contributed by atoms with Gasteiger partial charge in [-0.25, -0.2) is 0 Å². The largest absolute Gasteiger partial charge is 0.505 e. The number of phenols is 1. The van der Waals surface area contributed by atoms with Crippen LogP contribution in [-0.2, 0) is 11.4 Å². The first-order valence-electron chi connectivity index (χ1n) is 14.6. The Morgan fingerprint density at radius 1 is 0.872 bits per heavy atom. The van der Waals surface area contributed by atoms with E-state index in [-0.39, 0.29) is 29.3 Å². The van der Waals surface area contributed by atoms with E-state index in [1.165, 1.54) is 19.2 Å². The number of fused-ring (bicyclic) bond motifs is 2. The zero-order chi connectivity index (χ0) is 32.9. The van der Waals surface area contributed by atoms with Gasteiger partial charge in [0.25, 0.3) is 11.6 Å². The van der Waals surface area contributed by atoms with Crippen LogP contribution in [0.15, 0.2) is 119 Å². The number of ether oxygens (including phenoxy) is 1. The fraction of sp³-hybridized carbons (Fsp3) is 0.0833. The molecule has 1 amide bonds. The van der Waals surface area contributed by atoms with E-state index in [0.29, 0.717) is 38.7 Å². The van der Waals surface area contributed by atoms with E-state index in [0.717, 1.165) is 16.8 Å². The average molecular weight is 628 g/mol. The third kappa shape index (κ3) is 6.56. The molecular formula is C36H29N5O6. The SMILES string of the molecule is COc1ccc(CONc2ccccc2)cc1N=Nc1c(O)c(C(=O)Nc2ccc([N+](=O)[O-])c3ccccc23)cc2cc(C)ccc12. The Kier molecular flexibility index (Phi) is 8.71. The number of nitrogens with zero attached hydrogens (tertiary/aromatic N) is 3. The number of phenolic OH excluding ortho intramolecular Hbond substituents is 1. The van der Waals surface area contributed by atoms with Crippen molar-refractivity contribution in [3.63, 3.8) is 0 Å². The summed E-state index contributed by atoms with van der Waals surface area (Å²) in [6.45, 7) is 2.14. The molecule has 0 bridgehead atoms. The number of carbonyl (C=O) groups is 1. The monoisotopic (exact) mass is 627 g/mol. The molecule has 0 radical (unpaired) electrons. The number of amides is 1. The molecule has 234 valence electrons. The number of azo groups is 1. The predicted molar refractivity (Wildman–Crippen MR) is 181 cm³/mol. The number of nitro benzene ring substituents is 1. The molecule has 0 fully saturated rings. The Morgan fingerprint density at radius 2 is 1.64 bits per heavy atom. The molecule has 47 heavy (non-hydrogen) atoms. The molecular weight excluding hydrogens is 598 g/mol. The first kappa shape index (κ1) is 30.7. The first-order chi connectivity index (χ1) is 22.8. The molecule has 0 aromatic heterocycles. The minimum Gasteiger partial charge on any atom is -0.505 e. The van der Waals surface area contributed by atoms with E-state index >= 15 is 0 Å². The molecule has 0 aliphatic rings. The van der Waals surface area contributed by atoms with Crippen molar-refractivity contribution >= 4 is 55.9 Å². The fourth-order valence-corrected chi connectivity index (χ4v) is 5.23. The summed E-state index contributed by atoms with van der Waals surface area (Å²) in [7, 11) is 1.52. The average Bonchev–Trinajstić information content (AvgIpc) is 3.08. The summed E-state index contributed by atoms with van der Waals surface area (Å²) in [5.41, 5.74) is 6.15. The van der Waals surface area contributed by atoms with Crippen molar-refractivity contribution in [2.75, 3.05) is 17.9 Å². The van der Waals surface area contributed by atoms with Gasteiger partial charge in [0.15, 0.2) is 5.75 Å². The van der Waals surface area contributed by atoms with Crippen LogP contribution < -0.4 is 15.5 Å². The zero-order valence-electron chi connectivity index (χ0n) is 25.4. The Balaban J connectivity index is 1.34. The molecule has 11 heteroatoms. The van der Waals surface area contributed by atoms with Gasteiger partial charge >= 0.3 is 0 Å². The van der Waals surface area contributed by atoms with Gasteiger partial charge < -0.3 is 15.2 Å². The van der Waals surface area contributed by atoms with Gasteiger partial charge in [-0.15, -0.1) is 10.2 Å².